The van der Waals surface area contributed by atoms with Gasteiger partial charge in [0.1, 0.15) is 6.61 Å². The second-order valence-corrected chi connectivity index (χ2v) is 4.53. The van der Waals surface area contributed by atoms with Crippen molar-refractivity contribution in [2.24, 2.45) is 5.41 Å². The van der Waals surface area contributed by atoms with Gasteiger partial charge in [0, 0.05) is 13.2 Å². The van der Waals surface area contributed by atoms with Crippen LogP contribution in [0.5, 0.6) is 0 Å². The molecule has 0 rings (SSSR count). The first-order valence-corrected chi connectivity index (χ1v) is 6.14. The molecule has 0 heterocycles. The molecule has 0 saturated heterocycles. The number of halogens is 3. The molecule has 5 heteroatoms. The maximum Gasteiger partial charge on any atom is 0.411 e. The quantitative estimate of drug-likeness (QED) is 0.639. The molecule has 0 radical (unpaired) electrons. The molecule has 0 aliphatic carbocycles. The van der Waals surface area contributed by atoms with Gasteiger partial charge in [-0.15, -0.1) is 0 Å². The summed E-state index contributed by atoms with van der Waals surface area (Å²) < 4.78 is 40.2. The third-order valence-corrected chi connectivity index (χ3v) is 3.19. The molecule has 0 aromatic carbocycles. The van der Waals surface area contributed by atoms with Crippen LogP contribution in [0.4, 0.5) is 13.2 Å². The molecule has 1 N–H and O–H groups in total. The molecular formula is C12H23F3O2. The van der Waals surface area contributed by atoms with Crippen LogP contribution in [0.15, 0.2) is 0 Å². The van der Waals surface area contributed by atoms with E-state index >= 15 is 0 Å². The third-order valence-electron chi connectivity index (χ3n) is 3.19. The van der Waals surface area contributed by atoms with Crippen LogP contribution in [-0.4, -0.2) is 31.1 Å². The minimum Gasteiger partial charge on any atom is -0.396 e. The Labute approximate surface area is 101 Å². The molecule has 0 bridgehead atoms. The van der Waals surface area contributed by atoms with Crippen LogP contribution in [0.1, 0.15) is 46.0 Å². The third kappa shape index (κ3) is 7.60. The predicted molar refractivity (Wildman–Crippen MR) is 60.8 cm³/mol. The van der Waals surface area contributed by atoms with Gasteiger partial charge in [-0.25, -0.2) is 0 Å². The number of aliphatic hydroxyl groups excluding tert-OH is 1. The predicted octanol–water partition coefficient (Wildman–Crippen LogP) is 3.53. The second-order valence-electron chi connectivity index (χ2n) is 4.53. The zero-order chi connectivity index (χ0) is 13.4. The normalized spacial score (nSPS) is 15.9. The number of ether oxygens (including phenoxy) is 1. The summed E-state index contributed by atoms with van der Waals surface area (Å²) in [7, 11) is 0. The average Bonchev–Trinajstić information content (AvgIpc) is 2.28. The fourth-order valence-corrected chi connectivity index (χ4v) is 1.78. The van der Waals surface area contributed by atoms with E-state index in [0.29, 0.717) is 6.42 Å². The van der Waals surface area contributed by atoms with Crippen LogP contribution in [-0.2, 0) is 4.74 Å². The molecule has 0 aliphatic heterocycles. The fraction of sp³-hybridized carbons (Fsp3) is 1.00. The number of aliphatic hydroxyl groups is 1. The molecule has 0 aromatic rings. The van der Waals surface area contributed by atoms with Gasteiger partial charge in [-0.05, 0) is 24.7 Å². The summed E-state index contributed by atoms with van der Waals surface area (Å²) in [5.41, 5.74) is -0.276. The summed E-state index contributed by atoms with van der Waals surface area (Å²) in [5.74, 6) is 0. The second kappa shape index (κ2) is 7.93. The van der Waals surface area contributed by atoms with Crippen molar-refractivity contribution in [2.75, 3.05) is 19.8 Å². The molecule has 0 saturated carbocycles. The van der Waals surface area contributed by atoms with Crippen molar-refractivity contribution in [3.63, 3.8) is 0 Å². The highest BCUT2D eigenvalue weighted by atomic mass is 19.4. The van der Waals surface area contributed by atoms with E-state index in [0.717, 1.165) is 25.7 Å². The first kappa shape index (κ1) is 16.7. The Morgan fingerprint density at radius 1 is 1.12 bits per heavy atom. The van der Waals surface area contributed by atoms with Crippen molar-refractivity contribution < 1.29 is 23.0 Å². The van der Waals surface area contributed by atoms with Gasteiger partial charge in [-0.3, -0.25) is 0 Å². The minimum absolute atomic E-state index is 0.0128. The van der Waals surface area contributed by atoms with Gasteiger partial charge in [-0.2, -0.15) is 13.2 Å². The van der Waals surface area contributed by atoms with E-state index in [1.54, 1.807) is 0 Å². The van der Waals surface area contributed by atoms with Crippen LogP contribution in [0.2, 0.25) is 0 Å². The Kier molecular flexibility index (Phi) is 7.79. The van der Waals surface area contributed by atoms with E-state index in [1.165, 1.54) is 0 Å². The van der Waals surface area contributed by atoms with Gasteiger partial charge in [0.2, 0.25) is 0 Å². The summed E-state index contributed by atoms with van der Waals surface area (Å²) in [4.78, 5) is 0. The highest BCUT2D eigenvalue weighted by Gasteiger charge is 2.29. The minimum atomic E-state index is -4.27. The molecule has 17 heavy (non-hydrogen) atoms. The molecule has 104 valence electrons. The lowest BCUT2D eigenvalue weighted by Crippen LogP contribution is -2.27. The highest BCUT2D eigenvalue weighted by molar-refractivity contribution is 4.77. The van der Waals surface area contributed by atoms with Crippen molar-refractivity contribution in [1.82, 2.24) is 0 Å². The Morgan fingerprint density at radius 2 is 1.76 bits per heavy atom. The lowest BCUT2D eigenvalue weighted by atomic mass is 9.78. The van der Waals surface area contributed by atoms with E-state index in [9.17, 15) is 18.3 Å². The first-order valence-electron chi connectivity index (χ1n) is 6.14. The average molecular weight is 256 g/mol. The lowest BCUT2D eigenvalue weighted by Gasteiger charge is -2.30. The van der Waals surface area contributed by atoms with Crippen LogP contribution in [0, 0.1) is 5.41 Å². The maximum absolute atomic E-state index is 11.9. The maximum atomic E-state index is 11.9. The van der Waals surface area contributed by atoms with E-state index < -0.39 is 12.8 Å². The fourth-order valence-electron chi connectivity index (χ4n) is 1.78. The zero-order valence-corrected chi connectivity index (χ0v) is 10.6. The molecule has 2 nitrogen and oxygen atoms in total. The van der Waals surface area contributed by atoms with Crippen molar-refractivity contribution in [3.05, 3.63) is 0 Å². The van der Waals surface area contributed by atoms with E-state index in [2.05, 4.69) is 11.7 Å². The Balaban J connectivity index is 3.99. The van der Waals surface area contributed by atoms with Gasteiger partial charge < -0.3 is 9.84 Å². The van der Waals surface area contributed by atoms with Crippen molar-refractivity contribution in [3.8, 4) is 0 Å². The lowest BCUT2D eigenvalue weighted by molar-refractivity contribution is -0.175. The number of unbranched alkanes of at least 4 members (excludes halogenated alkanes) is 1. The van der Waals surface area contributed by atoms with Gasteiger partial charge in [0.25, 0.3) is 0 Å². The molecule has 0 aliphatic rings. The molecule has 1 unspecified atom stereocenters. The number of rotatable bonds is 9. The smallest absolute Gasteiger partial charge is 0.396 e. The molecular weight excluding hydrogens is 233 g/mol. The van der Waals surface area contributed by atoms with E-state index in [-0.39, 0.29) is 18.6 Å². The zero-order valence-electron chi connectivity index (χ0n) is 10.6. The Hall–Kier alpha value is -0.290. The molecule has 0 amide bonds. The highest BCUT2D eigenvalue weighted by Crippen LogP contribution is 2.32. The molecule has 0 fully saturated rings. The van der Waals surface area contributed by atoms with Gasteiger partial charge in [-0.1, -0.05) is 26.7 Å². The van der Waals surface area contributed by atoms with Gasteiger partial charge >= 0.3 is 6.18 Å². The SMILES string of the molecule is CCCCC(CC)(CO)CCOCC(F)(F)F. The number of alkyl halides is 3. The van der Waals surface area contributed by atoms with Crippen LogP contribution in [0.3, 0.4) is 0 Å². The van der Waals surface area contributed by atoms with E-state index in [1.807, 2.05) is 6.92 Å². The van der Waals surface area contributed by atoms with Gasteiger partial charge in [0.15, 0.2) is 0 Å². The number of hydrogen-bond acceptors (Lipinski definition) is 2. The Morgan fingerprint density at radius 3 is 2.18 bits per heavy atom. The molecule has 0 spiro atoms. The largest absolute Gasteiger partial charge is 0.411 e. The van der Waals surface area contributed by atoms with E-state index in [4.69, 9.17) is 0 Å². The van der Waals surface area contributed by atoms with Crippen molar-refractivity contribution >= 4 is 0 Å². The monoisotopic (exact) mass is 256 g/mol. The summed E-state index contributed by atoms with van der Waals surface area (Å²) in [6.07, 6.45) is -0.183. The molecule has 0 aromatic heterocycles. The van der Waals surface area contributed by atoms with Crippen molar-refractivity contribution in [1.29, 1.82) is 0 Å². The first-order chi connectivity index (χ1) is 7.89. The number of hydrogen-bond donors (Lipinski definition) is 1. The standard InChI is InChI=1S/C12H23F3O2/c1-3-5-6-11(4-2,9-16)7-8-17-10-12(13,14)15/h16H,3-10H2,1-2H3. The summed E-state index contributed by atoms with van der Waals surface area (Å²) in [6.45, 7) is 2.87. The van der Waals surface area contributed by atoms with Gasteiger partial charge in [0.05, 0.1) is 0 Å². The summed E-state index contributed by atoms with van der Waals surface area (Å²) in [5, 5.41) is 9.38. The van der Waals surface area contributed by atoms with Crippen LogP contribution >= 0.6 is 0 Å². The topological polar surface area (TPSA) is 29.5 Å². The molecule has 1 atom stereocenters. The van der Waals surface area contributed by atoms with Crippen LogP contribution in [0.25, 0.3) is 0 Å². The van der Waals surface area contributed by atoms with Crippen LogP contribution < -0.4 is 0 Å². The van der Waals surface area contributed by atoms with Crippen molar-refractivity contribution in [2.45, 2.75) is 52.1 Å². The summed E-state index contributed by atoms with van der Waals surface area (Å²) in [6, 6.07) is 0. The Bertz CT molecular complexity index is 189. The summed E-state index contributed by atoms with van der Waals surface area (Å²) >= 11 is 0.